The van der Waals surface area contributed by atoms with E-state index in [1.807, 2.05) is 0 Å². The van der Waals surface area contributed by atoms with Crippen LogP contribution in [0.3, 0.4) is 0 Å². The van der Waals surface area contributed by atoms with Gasteiger partial charge in [0.05, 0.1) is 5.52 Å². The number of hydrogen-bond donors (Lipinski definition) is 4. The van der Waals surface area contributed by atoms with Crippen LogP contribution >= 0.6 is 0 Å². The van der Waals surface area contributed by atoms with Gasteiger partial charge in [0, 0.05) is 11.5 Å². The van der Waals surface area contributed by atoms with E-state index < -0.39 is 16.9 Å². The van der Waals surface area contributed by atoms with Gasteiger partial charge in [0.2, 0.25) is 5.43 Å². The van der Waals surface area contributed by atoms with Gasteiger partial charge in [0.25, 0.3) is 17.4 Å². The molecule has 0 bridgehead atoms. The van der Waals surface area contributed by atoms with Gasteiger partial charge in [-0.2, -0.15) is 20.6 Å². The number of fused-ring (bicyclic) bond motifs is 2. The lowest BCUT2D eigenvalue weighted by molar-refractivity contribution is -0.111. The SMILES string of the molecule is O=C(C=Cc1ccc2c(=O)c3n[nH]nc3c(=O)[nH]c2c1)Nc1nn[nH]n1. The van der Waals surface area contributed by atoms with Crippen molar-refractivity contribution in [3.8, 4) is 0 Å². The van der Waals surface area contributed by atoms with Crippen molar-refractivity contribution >= 4 is 39.9 Å². The Morgan fingerprint density at radius 1 is 1.08 bits per heavy atom. The van der Waals surface area contributed by atoms with E-state index in [0.29, 0.717) is 11.1 Å². The summed E-state index contributed by atoms with van der Waals surface area (Å²) in [5, 5.41) is 25.1. The van der Waals surface area contributed by atoms with Crippen LogP contribution in [0.25, 0.3) is 28.0 Å². The highest BCUT2D eigenvalue weighted by Gasteiger charge is 2.10. The highest BCUT2D eigenvalue weighted by molar-refractivity contribution is 6.01. The van der Waals surface area contributed by atoms with Crippen LogP contribution in [0, 0.1) is 0 Å². The van der Waals surface area contributed by atoms with Gasteiger partial charge < -0.3 is 4.98 Å². The topological polar surface area (TPSA) is 175 Å². The van der Waals surface area contributed by atoms with Crippen LogP contribution in [-0.4, -0.2) is 46.9 Å². The van der Waals surface area contributed by atoms with Gasteiger partial charge in [-0.15, -0.1) is 5.10 Å². The van der Waals surface area contributed by atoms with E-state index in [-0.39, 0.29) is 22.4 Å². The third-order valence-electron chi connectivity index (χ3n) is 3.52. The molecule has 3 aromatic heterocycles. The van der Waals surface area contributed by atoms with Gasteiger partial charge in [-0.25, -0.2) is 0 Å². The fourth-order valence-corrected chi connectivity index (χ4v) is 2.36. The van der Waals surface area contributed by atoms with Crippen molar-refractivity contribution in [1.29, 1.82) is 0 Å². The summed E-state index contributed by atoms with van der Waals surface area (Å²) in [6, 6.07) is 4.74. The summed E-state index contributed by atoms with van der Waals surface area (Å²) in [7, 11) is 0. The molecule has 0 spiro atoms. The number of rotatable bonds is 3. The van der Waals surface area contributed by atoms with Crippen LogP contribution in [0.1, 0.15) is 5.56 Å². The normalized spacial score (nSPS) is 11.4. The predicted molar refractivity (Wildman–Crippen MR) is 90.1 cm³/mol. The van der Waals surface area contributed by atoms with Crippen LogP contribution in [0.4, 0.5) is 5.95 Å². The van der Waals surface area contributed by atoms with E-state index in [1.54, 1.807) is 18.2 Å². The van der Waals surface area contributed by atoms with Crippen LogP contribution in [0.5, 0.6) is 0 Å². The molecule has 12 heteroatoms. The Kier molecular flexibility index (Phi) is 3.54. The first kappa shape index (κ1) is 15.3. The average Bonchev–Trinajstić information content (AvgIpc) is 3.29. The lowest BCUT2D eigenvalue weighted by atomic mass is 10.1. The fraction of sp³-hybridized carbons (Fsp3) is 0. The number of nitrogens with one attached hydrogen (secondary N) is 4. The monoisotopic (exact) mass is 351 g/mol. The number of amides is 1. The molecule has 0 saturated heterocycles. The molecule has 3 heterocycles. The Morgan fingerprint density at radius 3 is 2.73 bits per heavy atom. The highest BCUT2D eigenvalue weighted by Crippen LogP contribution is 2.12. The maximum atomic E-state index is 12.5. The predicted octanol–water partition coefficient (Wildman–Crippen LogP) is -0.675. The van der Waals surface area contributed by atoms with Crippen molar-refractivity contribution in [2.24, 2.45) is 0 Å². The minimum atomic E-state index is -0.545. The number of aromatic nitrogens is 8. The Labute approximate surface area is 142 Å². The lowest BCUT2D eigenvalue weighted by Gasteiger charge is -1.97. The number of hydrogen-bond acceptors (Lipinski definition) is 8. The summed E-state index contributed by atoms with van der Waals surface area (Å²) in [6.45, 7) is 0. The molecule has 4 N–H and O–H groups in total. The molecule has 4 aromatic rings. The van der Waals surface area contributed by atoms with Gasteiger partial charge in [0.15, 0.2) is 11.0 Å². The number of aromatic amines is 3. The maximum Gasteiger partial charge on any atom is 0.278 e. The molecule has 12 nitrogen and oxygen atoms in total. The van der Waals surface area contributed by atoms with Crippen LogP contribution in [-0.2, 0) is 4.79 Å². The van der Waals surface area contributed by atoms with Crippen LogP contribution in [0.15, 0.2) is 33.9 Å². The zero-order chi connectivity index (χ0) is 18.1. The first-order valence-electron chi connectivity index (χ1n) is 7.25. The quantitative estimate of drug-likeness (QED) is 0.351. The molecule has 0 aliphatic heterocycles. The molecule has 128 valence electrons. The van der Waals surface area contributed by atoms with E-state index in [0.717, 1.165) is 0 Å². The molecule has 0 radical (unpaired) electrons. The van der Waals surface area contributed by atoms with E-state index >= 15 is 0 Å². The zero-order valence-electron chi connectivity index (χ0n) is 12.8. The molecule has 0 atom stereocenters. The second kappa shape index (κ2) is 6.01. The molecular weight excluding hydrogens is 342 g/mol. The molecule has 4 rings (SSSR count). The molecule has 0 aliphatic rings. The summed E-state index contributed by atoms with van der Waals surface area (Å²) in [4.78, 5) is 39.0. The molecule has 26 heavy (non-hydrogen) atoms. The molecule has 1 aromatic carbocycles. The van der Waals surface area contributed by atoms with E-state index in [4.69, 9.17) is 0 Å². The number of H-pyrrole nitrogens is 3. The van der Waals surface area contributed by atoms with Crippen molar-refractivity contribution in [1.82, 2.24) is 41.0 Å². The molecule has 0 aliphatic carbocycles. The van der Waals surface area contributed by atoms with Crippen molar-refractivity contribution < 1.29 is 4.79 Å². The summed E-state index contributed by atoms with van der Waals surface area (Å²) in [5.74, 6) is -0.424. The second-order valence-electron chi connectivity index (χ2n) is 5.17. The number of carbonyl (C=O) groups is 1. The lowest BCUT2D eigenvalue weighted by Crippen LogP contribution is -2.09. The maximum absolute atomic E-state index is 12.5. The molecule has 0 fully saturated rings. The summed E-state index contributed by atoms with van der Waals surface area (Å²) < 4.78 is 0. The Morgan fingerprint density at radius 2 is 1.92 bits per heavy atom. The van der Waals surface area contributed by atoms with Crippen LogP contribution in [0.2, 0.25) is 0 Å². The summed E-state index contributed by atoms with van der Waals surface area (Å²) in [5.41, 5.74) is -0.175. The number of tetrazole rings is 1. The largest absolute Gasteiger partial charge is 0.320 e. The number of anilines is 1. The second-order valence-corrected chi connectivity index (χ2v) is 5.17. The van der Waals surface area contributed by atoms with Gasteiger partial charge in [-0.05, 0) is 29.0 Å². The number of carbonyl (C=O) groups excluding carboxylic acids is 1. The van der Waals surface area contributed by atoms with Crippen molar-refractivity contribution in [2.45, 2.75) is 0 Å². The van der Waals surface area contributed by atoms with Gasteiger partial charge in [-0.3, -0.25) is 19.7 Å². The molecule has 0 saturated carbocycles. The number of nitrogens with zero attached hydrogens (tertiary/aromatic N) is 5. The first-order chi connectivity index (χ1) is 12.6. The van der Waals surface area contributed by atoms with E-state index in [2.05, 4.69) is 46.3 Å². The van der Waals surface area contributed by atoms with E-state index in [9.17, 15) is 14.4 Å². The zero-order valence-corrected chi connectivity index (χ0v) is 12.8. The third kappa shape index (κ3) is 2.71. The first-order valence-corrected chi connectivity index (χ1v) is 7.25. The smallest absolute Gasteiger partial charge is 0.278 e. The minimum absolute atomic E-state index is 0.0379. The summed E-state index contributed by atoms with van der Waals surface area (Å²) in [6.07, 6.45) is 2.76. The highest BCUT2D eigenvalue weighted by atomic mass is 16.1. The van der Waals surface area contributed by atoms with Gasteiger partial charge >= 0.3 is 0 Å². The minimum Gasteiger partial charge on any atom is -0.320 e. The standard InChI is InChI=1S/C14H9N9O3/c24-9(16-14-19-22-23-20-14)4-2-6-1-3-7-8(5-6)15-13(26)11-10(12(7)25)17-21-18-11/h1-5H,(H,15,26)(H,17,18,21)(H2,16,19,20,22,23,24). The van der Waals surface area contributed by atoms with Gasteiger partial charge in [0.1, 0.15) is 0 Å². The van der Waals surface area contributed by atoms with Crippen molar-refractivity contribution in [3.05, 3.63) is 50.4 Å². The van der Waals surface area contributed by atoms with E-state index in [1.165, 1.54) is 12.2 Å². The van der Waals surface area contributed by atoms with Crippen molar-refractivity contribution in [2.75, 3.05) is 5.32 Å². The summed E-state index contributed by atoms with van der Waals surface area (Å²) >= 11 is 0. The van der Waals surface area contributed by atoms with Gasteiger partial charge in [-0.1, -0.05) is 11.2 Å². The Bertz CT molecular complexity index is 1270. The average molecular weight is 351 g/mol. The third-order valence-corrected chi connectivity index (χ3v) is 3.52. The van der Waals surface area contributed by atoms with Crippen molar-refractivity contribution in [3.63, 3.8) is 0 Å². The Hall–Kier alpha value is -4.22. The number of benzene rings is 1. The van der Waals surface area contributed by atoms with Crippen LogP contribution < -0.4 is 16.3 Å². The fourth-order valence-electron chi connectivity index (χ4n) is 2.36. The molecular formula is C14H9N9O3. The molecule has 1 amide bonds. The Balaban J connectivity index is 1.73. The molecule has 0 unspecified atom stereocenters.